The monoisotopic (exact) mass is 261 g/mol. The second-order valence-electron chi connectivity index (χ2n) is 3.71. The Morgan fingerprint density at radius 1 is 1.12 bits per heavy atom. The fourth-order valence-electron chi connectivity index (χ4n) is 1.38. The van der Waals surface area contributed by atoms with E-state index in [2.05, 4.69) is 6.92 Å². The number of halogens is 2. The number of hydrogen-bond acceptors (Lipinski definition) is 2. The summed E-state index contributed by atoms with van der Waals surface area (Å²) >= 11 is 11.7. The first-order valence-electron chi connectivity index (χ1n) is 5.52. The third kappa shape index (κ3) is 4.11. The van der Waals surface area contributed by atoms with Crippen molar-refractivity contribution in [3.8, 4) is 5.75 Å². The molecule has 0 heterocycles. The molecule has 0 bridgehead atoms. The van der Waals surface area contributed by atoms with Crippen molar-refractivity contribution in [2.45, 2.75) is 32.6 Å². The molecule has 90 valence electrons. The van der Waals surface area contributed by atoms with E-state index in [1.807, 2.05) is 0 Å². The van der Waals surface area contributed by atoms with Crippen LogP contribution in [0.1, 0.15) is 32.6 Å². The zero-order valence-corrected chi connectivity index (χ0v) is 10.9. The van der Waals surface area contributed by atoms with Crippen LogP contribution in [-0.2, 0) is 0 Å². The number of nitrogen functional groups attached to an aromatic ring is 1. The van der Waals surface area contributed by atoms with Crippen molar-refractivity contribution in [3.63, 3.8) is 0 Å². The van der Waals surface area contributed by atoms with Crippen LogP contribution in [-0.4, -0.2) is 6.61 Å². The van der Waals surface area contributed by atoms with Gasteiger partial charge in [0.15, 0.2) is 0 Å². The molecule has 0 aliphatic carbocycles. The Labute approximate surface area is 107 Å². The first-order chi connectivity index (χ1) is 7.65. The van der Waals surface area contributed by atoms with Gasteiger partial charge in [0, 0.05) is 6.07 Å². The van der Waals surface area contributed by atoms with E-state index in [-0.39, 0.29) is 0 Å². The van der Waals surface area contributed by atoms with E-state index < -0.39 is 0 Å². The minimum atomic E-state index is 0.456. The lowest BCUT2D eigenvalue weighted by Crippen LogP contribution is -2.00. The Hall–Kier alpha value is -0.600. The van der Waals surface area contributed by atoms with Crippen LogP contribution in [0.25, 0.3) is 0 Å². The summed E-state index contributed by atoms with van der Waals surface area (Å²) in [5.74, 6) is 0.617. The lowest BCUT2D eigenvalue weighted by Gasteiger charge is -2.09. The average Bonchev–Trinajstić information content (AvgIpc) is 2.25. The largest absolute Gasteiger partial charge is 0.491 e. The van der Waals surface area contributed by atoms with Crippen LogP contribution in [0.5, 0.6) is 5.75 Å². The molecule has 4 heteroatoms. The standard InChI is InChI=1S/C12H17Cl2NO/c1-2-3-4-5-6-16-12-8-10(14)9(13)7-11(12)15/h7-8H,2-6,15H2,1H3. The van der Waals surface area contributed by atoms with Crippen LogP contribution < -0.4 is 10.5 Å². The normalized spacial score (nSPS) is 10.4. The number of rotatable bonds is 6. The fraction of sp³-hybridized carbons (Fsp3) is 0.500. The molecule has 1 rings (SSSR count). The molecule has 2 nitrogen and oxygen atoms in total. The molecule has 0 atom stereocenters. The van der Waals surface area contributed by atoms with Crippen molar-refractivity contribution in [2.24, 2.45) is 0 Å². The second kappa shape index (κ2) is 6.87. The van der Waals surface area contributed by atoms with Crippen molar-refractivity contribution >= 4 is 28.9 Å². The maximum absolute atomic E-state index is 5.88. The first kappa shape index (κ1) is 13.5. The third-order valence-corrected chi connectivity index (χ3v) is 3.03. The highest BCUT2D eigenvalue weighted by molar-refractivity contribution is 6.42. The zero-order valence-electron chi connectivity index (χ0n) is 9.43. The van der Waals surface area contributed by atoms with Crippen LogP contribution in [0.15, 0.2) is 12.1 Å². The van der Waals surface area contributed by atoms with Crippen molar-refractivity contribution in [2.75, 3.05) is 12.3 Å². The minimum Gasteiger partial charge on any atom is -0.491 e. The summed E-state index contributed by atoms with van der Waals surface area (Å²) < 4.78 is 5.55. The van der Waals surface area contributed by atoms with Gasteiger partial charge in [-0.1, -0.05) is 49.4 Å². The predicted octanol–water partition coefficient (Wildman–Crippen LogP) is 4.53. The van der Waals surface area contributed by atoms with Gasteiger partial charge < -0.3 is 10.5 Å². The lowest BCUT2D eigenvalue weighted by atomic mass is 10.2. The van der Waals surface area contributed by atoms with Crippen LogP contribution in [0, 0.1) is 0 Å². The van der Waals surface area contributed by atoms with E-state index in [4.69, 9.17) is 33.7 Å². The third-order valence-electron chi connectivity index (χ3n) is 2.31. The maximum atomic E-state index is 5.88. The molecule has 16 heavy (non-hydrogen) atoms. The van der Waals surface area contributed by atoms with Crippen LogP contribution in [0.4, 0.5) is 5.69 Å². The number of hydrogen-bond donors (Lipinski definition) is 1. The molecule has 0 saturated carbocycles. The van der Waals surface area contributed by atoms with Gasteiger partial charge >= 0.3 is 0 Å². The molecule has 0 spiro atoms. The Kier molecular flexibility index (Phi) is 5.78. The Bertz CT molecular complexity index is 342. The van der Waals surface area contributed by atoms with Gasteiger partial charge in [-0.15, -0.1) is 0 Å². The van der Waals surface area contributed by atoms with Crippen LogP contribution in [0.2, 0.25) is 10.0 Å². The molecule has 0 amide bonds. The number of ether oxygens (including phenoxy) is 1. The summed E-state index contributed by atoms with van der Waals surface area (Å²) in [5, 5.41) is 0.928. The quantitative estimate of drug-likeness (QED) is 0.603. The molecular formula is C12H17Cl2NO. The van der Waals surface area contributed by atoms with Crippen molar-refractivity contribution in [1.29, 1.82) is 0 Å². The molecule has 0 aliphatic rings. The van der Waals surface area contributed by atoms with Crippen molar-refractivity contribution < 1.29 is 4.74 Å². The summed E-state index contributed by atoms with van der Waals surface area (Å²) in [4.78, 5) is 0. The number of benzene rings is 1. The minimum absolute atomic E-state index is 0.456. The molecule has 0 fully saturated rings. The van der Waals surface area contributed by atoms with E-state index in [0.717, 1.165) is 6.42 Å². The maximum Gasteiger partial charge on any atom is 0.143 e. The van der Waals surface area contributed by atoms with Gasteiger partial charge in [0.2, 0.25) is 0 Å². The summed E-state index contributed by atoms with van der Waals surface area (Å²) in [7, 11) is 0. The molecule has 1 aromatic rings. The van der Waals surface area contributed by atoms with E-state index >= 15 is 0 Å². The number of nitrogens with two attached hydrogens (primary N) is 1. The Balaban J connectivity index is 2.45. The number of unbranched alkanes of at least 4 members (excludes halogenated alkanes) is 3. The van der Waals surface area contributed by atoms with E-state index in [1.165, 1.54) is 19.3 Å². The van der Waals surface area contributed by atoms with E-state index in [1.54, 1.807) is 12.1 Å². The summed E-state index contributed by atoms with van der Waals surface area (Å²) in [6.07, 6.45) is 4.67. The topological polar surface area (TPSA) is 35.2 Å². The van der Waals surface area contributed by atoms with E-state index in [9.17, 15) is 0 Å². The molecule has 0 saturated heterocycles. The van der Waals surface area contributed by atoms with Crippen LogP contribution in [0.3, 0.4) is 0 Å². The van der Waals surface area contributed by atoms with Gasteiger partial charge in [-0.25, -0.2) is 0 Å². The summed E-state index contributed by atoms with van der Waals surface area (Å²) in [5.41, 5.74) is 6.30. The second-order valence-corrected chi connectivity index (χ2v) is 4.53. The molecule has 0 aromatic heterocycles. The first-order valence-corrected chi connectivity index (χ1v) is 6.28. The van der Waals surface area contributed by atoms with Gasteiger partial charge in [0.1, 0.15) is 5.75 Å². The van der Waals surface area contributed by atoms with Crippen molar-refractivity contribution in [3.05, 3.63) is 22.2 Å². The van der Waals surface area contributed by atoms with Gasteiger partial charge in [-0.3, -0.25) is 0 Å². The predicted molar refractivity (Wildman–Crippen MR) is 70.5 cm³/mol. The van der Waals surface area contributed by atoms with Gasteiger partial charge in [0.25, 0.3) is 0 Å². The highest BCUT2D eigenvalue weighted by Gasteiger charge is 2.05. The Morgan fingerprint density at radius 3 is 2.50 bits per heavy atom. The average molecular weight is 262 g/mol. The van der Waals surface area contributed by atoms with E-state index in [0.29, 0.717) is 28.1 Å². The molecular weight excluding hydrogens is 245 g/mol. The molecule has 1 aromatic carbocycles. The highest BCUT2D eigenvalue weighted by Crippen LogP contribution is 2.32. The smallest absolute Gasteiger partial charge is 0.143 e. The van der Waals surface area contributed by atoms with Crippen LogP contribution >= 0.6 is 23.2 Å². The van der Waals surface area contributed by atoms with Crippen molar-refractivity contribution in [1.82, 2.24) is 0 Å². The molecule has 0 radical (unpaired) electrons. The Morgan fingerprint density at radius 2 is 1.81 bits per heavy atom. The molecule has 0 aliphatic heterocycles. The number of anilines is 1. The SMILES string of the molecule is CCCCCCOc1cc(Cl)c(Cl)cc1N. The fourth-order valence-corrected chi connectivity index (χ4v) is 1.71. The summed E-state index contributed by atoms with van der Waals surface area (Å²) in [6.45, 7) is 2.85. The molecule has 0 unspecified atom stereocenters. The lowest BCUT2D eigenvalue weighted by molar-refractivity contribution is 0.306. The molecule has 2 N–H and O–H groups in total. The van der Waals surface area contributed by atoms with Gasteiger partial charge in [-0.2, -0.15) is 0 Å². The van der Waals surface area contributed by atoms with Gasteiger partial charge in [-0.05, 0) is 12.5 Å². The zero-order chi connectivity index (χ0) is 12.0. The highest BCUT2D eigenvalue weighted by atomic mass is 35.5. The van der Waals surface area contributed by atoms with Gasteiger partial charge in [0.05, 0.1) is 22.3 Å². The summed E-state index contributed by atoms with van der Waals surface area (Å²) in [6, 6.07) is 3.28.